The fourth-order valence-electron chi connectivity index (χ4n) is 2.62. The van der Waals surface area contributed by atoms with Gasteiger partial charge in [-0.15, -0.1) is 0 Å². The van der Waals surface area contributed by atoms with Crippen LogP contribution in [0.3, 0.4) is 0 Å². The van der Waals surface area contributed by atoms with E-state index in [1.54, 1.807) is 0 Å². The molecule has 0 aliphatic heterocycles. The van der Waals surface area contributed by atoms with E-state index in [1.165, 1.54) is 18.4 Å². The number of benzene rings is 1. The molecule has 1 aliphatic carbocycles. The lowest BCUT2D eigenvalue weighted by atomic mass is 9.95. The summed E-state index contributed by atoms with van der Waals surface area (Å²) in [5.41, 5.74) is 2.76. The molecule has 1 heterocycles. The van der Waals surface area contributed by atoms with Gasteiger partial charge in [0.1, 0.15) is 0 Å². The Morgan fingerprint density at radius 1 is 1.16 bits per heavy atom. The predicted octanol–water partition coefficient (Wildman–Crippen LogP) is 2.95. The molecule has 1 fully saturated rings. The zero-order chi connectivity index (χ0) is 13.3. The van der Waals surface area contributed by atoms with Crippen molar-refractivity contribution < 1.29 is 0 Å². The fraction of sp³-hybridized carbons (Fsp3) is 0.375. The molecule has 1 saturated carbocycles. The molecule has 1 aromatic heterocycles. The Kier molecular flexibility index (Phi) is 2.97. The van der Waals surface area contributed by atoms with Gasteiger partial charge in [0.25, 0.3) is 0 Å². The largest absolute Gasteiger partial charge is 0.343 e. The van der Waals surface area contributed by atoms with Crippen molar-refractivity contribution in [2.45, 2.75) is 25.2 Å². The van der Waals surface area contributed by atoms with Crippen LogP contribution in [0.1, 0.15) is 24.1 Å². The molecule has 1 aliphatic rings. The Hall–Kier alpha value is -1.90. The molecular weight excluding hydrogens is 234 g/mol. The maximum Gasteiger partial charge on any atom is 0.225 e. The van der Waals surface area contributed by atoms with Crippen molar-refractivity contribution in [2.75, 3.05) is 18.5 Å². The molecule has 19 heavy (non-hydrogen) atoms. The Morgan fingerprint density at radius 2 is 1.89 bits per heavy atom. The van der Waals surface area contributed by atoms with Gasteiger partial charge in [-0.25, -0.2) is 9.97 Å². The molecule has 0 radical (unpaired) electrons. The molecular formula is C16H19N3. The smallest absolute Gasteiger partial charge is 0.225 e. The molecule has 0 bridgehead atoms. The van der Waals surface area contributed by atoms with Gasteiger partial charge in [-0.05, 0) is 31.4 Å². The summed E-state index contributed by atoms with van der Waals surface area (Å²) in [6.07, 6.45) is 4.34. The summed E-state index contributed by atoms with van der Waals surface area (Å²) < 4.78 is 0. The number of hydrogen-bond acceptors (Lipinski definition) is 3. The first-order valence-corrected chi connectivity index (χ1v) is 6.76. The number of anilines is 1. The first kappa shape index (κ1) is 12.2. The first-order chi connectivity index (χ1) is 9.20. The molecule has 3 rings (SSSR count). The summed E-state index contributed by atoms with van der Waals surface area (Å²) >= 11 is 0. The van der Waals surface area contributed by atoms with Crippen LogP contribution in [0.4, 0.5) is 5.95 Å². The normalized spacial score (nSPS) is 16.1. The standard InChI is InChI=1S/C16H19N3/c1-13-8-11-17-15(18-13)19(2)12-16(9-10-16)14-6-4-3-5-7-14/h3-8,11H,9-10,12H2,1-2H3. The molecule has 2 aromatic rings. The second-order valence-corrected chi connectivity index (χ2v) is 5.50. The van der Waals surface area contributed by atoms with Gasteiger partial charge in [0.05, 0.1) is 0 Å². The van der Waals surface area contributed by atoms with Crippen LogP contribution in [0.15, 0.2) is 42.6 Å². The Balaban J connectivity index is 1.78. The SMILES string of the molecule is Cc1ccnc(N(C)CC2(c3ccccc3)CC2)n1. The monoisotopic (exact) mass is 253 g/mol. The Labute approximate surface area is 114 Å². The van der Waals surface area contributed by atoms with Crippen molar-refractivity contribution in [1.29, 1.82) is 0 Å². The maximum atomic E-state index is 4.49. The highest BCUT2D eigenvalue weighted by Crippen LogP contribution is 2.48. The van der Waals surface area contributed by atoms with Gasteiger partial charge < -0.3 is 4.90 Å². The van der Waals surface area contributed by atoms with Gasteiger partial charge in [0.2, 0.25) is 5.95 Å². The van der Waals surface area contributed by atoms with Crippen LogP contribution < -0.4 is 4.90 Å². The van der Waals surface area contributed by atoms with Crippen molar-refractivity contribution >= 4 is 5.95 Å². The highest BCUT2D eigenvalue weighted by atomic mass is 15.2. The molecule has 0 saturated heterocycles. The second kappa shape index (κ2) is 4.65. The minimum Gasteiger partial charge on any atom is -0.343 e. The number of likely N-dealkylation sites (N-methyl/N-ethyl adjacent to an activating group) is 1. The highest BCUT2D eigenvalue weighted by molar-refractivity contribution is 5.37. The summed E-state index contributed by atoms with van der Waals surface area (Å²) in [5.74, 6) is 0.821. The first-order valence-electron chi connectivity index (χ1n) is 6.76. The van der Waals surface area contributed by atoms with Crippen molar-refractivity contribution in [1.82, 2.24) is 9.97 Å². The number of aryl methyl sites for hydroxylation is 1. The van der Waals surface area contributed by atoms with Gasteiger partial charge in [0, 0.05) is 30.9 Å². The van der Waals surface area contributed by atoms with Crippen LogP contribution in [0.2, 0.25) is 0 Å². The Bertz CT molecular complexity index is 561. The summed E-state index contributed by atoms with van der Waals surface area (Å²) in [6, 6.07) is 12.7. The molecule has 0 N–H and O–H groups in total. The highest BCUT2D eigenvalue weighted by Gasteiger charge is 2.45. The molecule has 98 valence electrons. The van der Waals surface area contributed by atoms with E-state index in [0.717, 1.165) is 18.2 Å². The van der Waals surface area contributed by atoms with Crippen molar-refractivity contribution in [3.8, 4) is 0 Å². The minimum absolute atomic E-state index is 0.309. The fourth-order valence-corrected chi connectivity index (χ4v) is 2.62. The second-order valence-electron chi connectivity index (χ2n) is 5.50. The van der Waals surface area contributed by atoms with E-state index in [-0.39, 0.29) is 0 Å². The van der Waals surface area contributed by atoms with Crippen molar-refractivity contribution in [3.63, 3.8) is 0 Å². The molecule has 3 nitrogen and oxygen atoms in total. The van der Waals surface area contributed by atoms with Crippen molar-refractivity contribution in [2.24, 2.45) is 0 Å². The lowest BCUT2D eigenvalue weighted by Crippen LogP contribution is -2.30. The average Bonchev–Trinajstić information content (AvgIpc) is 3.21. The number of aromatic nitrogens is 2. The van der Waals surface area contributed by atoms with E-state index in [2.05, 4.69) is 52.2 Å². The lowest BCUT2D eigenvalue weighted by Gasteiger charge is -2.24. The molecule has 0 amide bonds. The van der Waals surface area contributed by atoms with Crippen LogP contribution in [0, 0.1) is 6.92 Å². The third kappa shape index (κ3) is 2.46. The van der Waals surface area contributed by atoms with E-state index in [4.69, 9.17) is 0 Å². The summed E-state index contributed by atoms with van der Waals surface area (Å²) in [5, 5.41) is 0. The predicted molar refractivity (Wildman–Crippen MR) is 77.4 cm³/mol. The molecule has 0 atom stereocenters. The maximum absolute atomic E-state index is 4.49. The Morgan fingerprint density at radius 3 is 2.53 bits per heavy atom. The summed E-state index contributed by atoms with van der Waals surface area (Å²) in [4.78, 5) is 11.0. The molecule has 0 unspecified atom stereocenters. The third-order valence-electron chi connectivity index (χ3n) is 3.90. The zero-order valence-corrected chi connectivity index (χ0v) is 11.5. The van der Waals surface area contributed by atoms with Gasteiger partial charge in [-0.1, -0.05) is 30.3 Å². The van der Waals surface area contributed by atoms with Gasteiger partial charge >= 0.3 is 0 Å². The van der Waals surface area contributed by atoms with E-state index in [1.807, 2.05) is 19.2 Å². The van der Waals surface area contributed by atoms with E-state index < -0.39 is 0 Å². The van der Waals surface area contributed by atoms with Crippen LogP contribution in [0.5, 0.6) is 0 Å². The van der Waals surface area contributed by atoms with Crippen LogP contribution in [-0.2, 0) is 5.41 Å². The topological polar surface area (TPSA) is 29.0 Å². The number of rotatable bonds is 4. The summed E-state index contributed by atoms with van der Waals surface area (Å²) in [6.45, 7) is 2.99. The zero-order valence-electron chi connectivity index (χ0n) is 11.5. The van der Waals surface area contributed by atoms with Crippen LogP contribution in [0.25, 0.3) is 0 Å². The van der Waals surface area contributed by atoms with E-state index in [9.17, 15) is 0 Å². The molecule has 0 spiro atoms. The molecule has 1 aromatic carbocycles. The van der Waals surface area contributed by atoms with Gasteiger partial charge in [-0.3, -0.25) is 0 Å². The lowest BCUT2D eigenvalue weighted by molar-refractivity contribution is 0.662. The van der Waals surface area contributed by atoms with Gasteiger partial charge in [-0.2, -0.15) is 0 Å². The van der Waals surface area contributed by atoms with Crippen LogP contribution >= 0.6 is 0 Å². The average molecular weight is 253 g/mol. The minimum atomic E-state index is 0.309. The number of hydrogen-bond donors (Lipinski definition) is 0. The van der Waals surface area contributed by atoms with E-state index >= 15 is 0 Å². The number of nitrogens with zero attached hydrogens (tertiary/aromatic N) is 3. The van der Waals surface area contributed by atoms with Crippen molar-refractivity contribution in [3.05, 3.63) is 53.9 Å². The van der Waals surface area contributed by atoms with Gasteiger partial charge in [0.15, 0.2) is 0 Å². The van der Waals surface area contributed by atoms with Crippen LogP contribution in [-0.4, -0.2) is 23.6 Å². The molecule has 3 heteroatoms. The quantitative estimate of drug-likeness (QED) is 0.839. The third-order valence-corrected chi connectivity index (χ3v) is 3.90. The van der Waals surface area contributed by atoms with E-state index in [0.29, 0.717) is 5.41 Å². The summed E-state index contributed by atoms with van der Waals surface area (Å²) in [7, 11) is 2.08.